The summed E-state index contributed by atoms with van der Waals surface area (Å²) in [6.07, 6.45) is 7.69. The highest BCUT2D eigenvalue weighted by atomic mass is 16.4. The lowest BCUT2D eigenvalue weighted by atomic mass is 9.77. The van der Waals surface area contributed by atoms with Crippen LogP contribution in [0.3, 0.4) is 0 Å². The maximum absolute atomic E-state index is 11.4. The number of aliphatic carboxylic acids is 2. The van der Waals surface area contributed by atoms with E-state index < -0.39 is 11.9 Å². The minimum Gasteiger partial charge on any atom is -0.481 e. The van der Waals surface area contributed by atoms with Crippen LogP contribution < -0.4 is 0 Å². The Kier molecular flexibility index (Phi) is 2.47. The van der Waals surface area contributed by atoms with Crippen molar-refractivity contribution in [3.63, 3.8) is 0 Å². The maximum Gasteiger partial charge on any atom is 0.303 e. The number of hydrogen-bond donors (Lipinski definition) is 2. The normalized spacial score (nSPS) is 60.2. The summed E-state index contributed by atoms with van der Waals surface area (Å²) in [5, 5.41) is 18.7. The molecule has 0 saturated heterocycles. The highest BCUT2D eigenvalue weighted by molar-refractivity contribution is 5.67. The van der Waals surface area contributed by atoms with Gasteiger partial charge in [0, 0.05) is 12.8 Å². The van der Waals surface area contributed by atoms with E-state index in [1.807, 2.05) is 0 Å². The Balaban J connectivity index is 1.41. The highest BCUT2D eigenvalue weighted by Gasteiger charge is 2.76. The Hall–Kier alpha value is -1.32. The molecule has 6 aliphatic rings. The number of fused-ring (bicyclic) bond motifs is 3. The molecule has 0 amide bonds. The van der Waals surface area contributed by atoms with Gasteiger partial charge in [0.25, 0.3) is 0 Å². The molecule has 2 N–H and O–H groups in total. The fourth-order valence-electron chi connectivity index (χ4n) is 9.38. The van der Waals surface area contributed by atoms with Gasteiger partial charge in [0.15, 0.2) is 0 Å². The second-order valence-corrected chi connectivity index (χ2v) is 9.52. The Morgan fingerprint density at radius 3 is 1.58 bits per heavy atom. The number of carboxylic acid groups (broad SMARTS) is 2. The quantitative estimate of drug-likeness (QED) is 0.778. The first-order valence-corrected chi connectivity index (χ1v) is 9.68. The Morgan fingerprint density at radius 2 is 1.17 bits per heavy atom. The molecule has 4 heteroatoms. The largest absolute Gasteiger partial charge is 0.481 e. The van der Waals surface area contributed by atoms with Crippen molar-refractivity contribution in [3.8, 4) is 0 Å². The van der Waals surface area contributed by atoms with Gasteiger partial charge < -0.3 is 10.2 Å². The molecule has 0 aromatic carbocycles. The second kappa shape index (κ2) is 4.25. The van der Waals surface area contributed by atoms with E-state index in [9.17, 15) is 19.8 Å². The van der Waals surface area contributed by atoms with Crippen LogP contribution in [0.5, 0.6) is 0 Å². The molecular weight excluding hydrogens is 304 g/mol. The van der Waals surface area contributed by atoms with E-state index in [1.165, 1.54) is 0 Å². The first-order chi connectivity index (χ1) is 11.6. The zero-order chi connectivity index (χ0) is 16.3. The molecule has 0 spiro atoms. The number of allylic oxidation sites excluding steroid dienone is 2. The van der Waals surface area contributed by atoms with E-state index in [0.717, 1.165) is 36.5 Å². The minimum atomic E-state index is -0.639. The SMILES string of the molecule is O=C(O)C[C@@H]1C[C@@H]2[C@@H]3C[C@H](CC(=O)O)[C@H]4[C@@H]3C3C5[C@@H](C=C[C@H]54)[C@H]1[C@@H]32. The molecule has 5 saturated carbocycles. The van der Waals surface area contributed by atoms with E-state index in [0.29, 0.717) is 60.2 Å². The second-order valence-electron chi connectivity index (χ2n) is 9.52. The lowest BCUT2D eigenvalue weighted by molar-refractivity contribution is -0.139. The Morgan fingerprint density at radius 1 is 0.708 bits per heavy atom. The van der Waals surface area contributed by atoms with Crippen LogP contribution in [0.1, 0.15) is 25.7 Å². The predicted molar refractivity (Wildman–Crippen MR) is 84.8 cm³/mol. The van der Waals surface area contributed by atoms with Crippen molar-refractivity contribution >= 4 is 11.9 Å². The summed E-state index contributed by atoms with van der Waals surface area (Å²) in [4.78, 5) is 22.7. The molecule has 0 bridgehead atoms. The van der Waals surface area contributed by atoms with E-state index in [2.05, 4.69) is 12.2 Å². The molecule has 0 aliphatic heterocycles. The lowest BCUT2D eigenvalue weighted by Gasteiger charge is -2.27. The fraction of sp³-hybridized carbons (Fsp3) is 0.800. The highest BCUT2D eigenvalue weighted by Crippen LogP contribution is 2.80. The van der Waals surface area contributed by atoms with Crippen LogP contribution in [0.2, 0.25) is 0 Å². The monoisotopic (exact) mass is 328 g/mol. The van der Waals surface area contributed by atoms with Gasteiger partial charge in [-0.15, -0.1) is 0 Å². The Labute approximate surface area is 141 Å². The van der Waals surface area contributed by atoms with Gasteiger partial charge in [0.1, 0.15) is 0 Å². The smallest absolute Gasteiger partial charge is 0.303 e. The zero-order valence-corrected chi connectivity index (χ0v) is 13.6. The number of carbonyl (C=O) groups is 2. The fourth-order valence-corrected chi connectivity index (χ4v) is 9.38. The first-order valence-electron chi connectivity index (χ1n) is 9.68. The summed E-state index contributed by atoms with van der Waals surface area (Å²) >= 11 is 0. The van der Waals surface area contributed by atoms with Gasteiger partial charge in [-0.25, -0.2) is 0 Å². The van der Waals surface area contributed by atoms with Gasteiger partial charge in [0.2, 0.25) is 0 Å². The van der Waals surface area contributed by atoms with Crippen molar-refractivity contribution in [1.82, 2.24) is 0 Å². The van der Waals surface area contributed by atoms with Gasteiger partial charge in [-0.2, -0.15) is 0 Å². The molecule has 0 radical (unpaired) electrons. The summed E-state index contributed by atoms with van der Waals surface area (Å²) in [6.45, 7) is 0. The molecule has 6 rings (SSSR count). The summed E-state index contributed by atoms with van der Waals surface area (Å²) in [6, 6.07) is 0. The molecule has 0 heterocycles. The minimum absolute atomic E-state index is 0.339. The summed E-state index contributed by atoms with van der Waals surface area (Å²) in [5.41, 5.74) is 0. The van der Waals surface area contributed by atoms with Gasteiger partial charge in [-0.1, -0.05) is 12.2 Å². The van der Waals surface area contributed by atoms with Crippen molar-refractivity contribution in [2.24, 2.45) is 71.0 Å². The number of carboxylic acids is 2. The molecule has 24 heavy (non-hydrogen) atoms. The summed E-state index contributed by atoms with van der Waals surface area (Å²) in [7, 11) is 0. The standard InChI is InChI=1S/C20H24O4/c21-13(22)5-7-3-11-12-4-8(6-14(23)24)16-10-2-1-9-15(7)18(11)20(17(9)10)19(12)16/h1-2,7-12,15-20H,3-6H2,(H,21,22)(H,23,24)/t7-,8+,9-,10-,11+,12-,15-,16+,17?,18-,19+,20?/m0/s1. The molecule has 0 aromatic rings. The van der Waals surface area contributed by atoms with Crippen LogP contribution in [0.25, 0.3) is 0 Å². The molecule has 0 aromatic heterocycles. The third kappa shape index (κ3) is 1.40. The van der Waals surface area contributed by atoms with Crippen molar-refractivity contribution < 1.29 is 19.8 Å². The summed E-state index contributed by atoms with van der Waals surface area (Å²) in [5.74, 6) is 6.21. The average Bonchev–Trinajstić information content (AvgIpc) is 3.19. The lowest BCUT2D eigenvalue weighted by Crippen LogP contribution is -2.25. The van der Waals surface area contributed by atoms with Crippen molar-refractivity contribution in [3.05, 3.63) is 12.2 Å². The third-order valence-corrected chi connectivity index (χ3v) is 9.21. The van der Waals surface area contributed by atoms with E-state index in [-0.39, 0.29) is 0 Å². The van der Waals surface area contributed by atoms with Gasteiger partial charge in [-0.05, 0) is 83.9 Å². The van der Waals surface area contributed by atoms with E-state index in [1.54, 1.807) is 0 Å². The van der Waals surface area contributed by atoms with Crippen LogP contribution >= 0.6 is 0 Å². The van der Waals surface area contributed by atoms with Crippen molar-refractivity contribution in [1.29, 1.82) is 0 Å². The van der Waals surface area contributed by atoms with E-state index in [4.69, 9.17) is 0 Å². The van der Waals surface area contributed by atoms with Crippen LogP contribution in [0.4, 0.5) is 0 Å². The topological polar surface area (TPSA) is 74.6 Å². The van der Waals surface area contributed by atoms with Crippen LogP contribution in [-0.2, 0) is 9.59 Å². The molecular formula is C20H24O4. The van der Waals surface area contributed by atoms with Crippen molar-refractivity contribution in [2.75, 3.05) is 0 Å². The van der Waals surface area contributed by atoms with Crippen LogP contribution in [0, 0.1) is 71.0 Å². The van der Waals surface area contributed by atoms with Gasteiger partial charge in [0.05, 0.1) is 0 Å². The van der Waals surface area contributed by atoms with Crippen molar-refractivity contribution in [2.45, 2.75) is 25.7 Å². The molecule has 12 atom stereocenters. The molecule has 128 valence electrons. The third-order valence-electron chi connectivity index (χ3n) is 9.21. The summed E-state index contributed by atoms with van der Waals surface area (Å²) < 4.78 is 0. The van der Waals surface area contributed by atoms with Gasteiger partial charge in [-0.3, -0.25) is 9.59 Å². The molecule has 2 unspecified atom stereocenters. The number of hydrogen-bond acceptors (Lipinski definition) is 2. The predicted octanol–water partition coefficient (Wildman–Crippen LogP) is 2.75. The zero-order valence-electron chi connectivity index (χ0n) is 13.6. The average molecular weight is 328 g/mol. The first kappa shape index (κ1) is 13.9. The molecule has 4 nitrogen and oxygen atoms in total. The van der Waals surface area contributed by atoms with E-state index >= 15 is 0 Å². The van der Waals surface area contributed by atoms with Crippen LogP contribution in [-0.4, -0.2) is 22.2 Å². The van der Waals surface area contributed by atoms with Crippen LogP contribution in [0.15, 0.2) is 12.2 Å². The molecule has 6 aliphatic carbocycles. The maximum atomic E-state index is 11.4. The van der Waals surface area contributed by atoms with Gasteiger partial charge >= 0.3 is 11.9 Å². The number of rotatable bonds is 4. The molecule has 5 fully saturated rings. The Bertz CT molecular complexity index is 615.